The summed E-state index contributed by atoms with van der Waals surface area (Å²) >= 11 is 0. The predicted molar refractivity (Wildman–Crippen MR) is 85.6 cm³/mol. The second-order valence-corrected chi connectivity index (χ2v) is 5.57. The van der Waals surface area contributed by atoms with Crippen molar-refractivity contribution in [2.24, 2.45) is 11.8 Å². The third-order valence-corrected chi connectivity index (χ3v) is 4.00. The first-order valence-corrected chi connectivity index (χ1v) is 7.49. The van der Waals surface area contributed by atoms with Gasteiger partial charge in [0.25, 0.3) is 0 Å². The number of benzene rings is 1. The molecular weight excluding hydrogens is 296 g/mol. The molecule has 0 spiro atoms. The molecule has 1 aromatic carbocycles. The molecule has 2 unspecified atom stereocenters. The van der Waals surface area contributed by atoms with E-state index in [4.69, 9.17) is 5.11 Å². The number of nitrogens with zero attached hydrogens (tertiary/aromatic N) is 3. The van der Waals surface area contributed by atoms with E-state index in [9.17, 15) is 9.59 Å². The number of anilines is 1. The van der Waals surface area contributed by atoms with Gasteiger partial charge >= 0.3 is 5.97 Å². The van der Waals surface area contributed by atoms with Gasteiger partial charge in [-0.15, -0.1) is 5.10 Å². The molecule has 23 heavy (non-hydrogen) atoms. The van der Waals surface area contributed by atoms with E-state index in [2.05, 4.69) is 22.6 Å². The predicted octanol–water partition coefficient (Wildman–Crippen LogP) is 2.59. The highest BCUT2D eigenvalue weighted by molar-refractivity contribution is 5.92. The second kappa shape index (κ2) is 7.04. The summed E-state index contributed by atoms with van der Waals surface area (Å²) in [6.07, 6.45) is 2.26. The zero-order chi connectivity index (χ0) is 17.0. The lowest BCUT2D eigenvalue weighted by Gasteiger charge is -2.18. The fourth-order valence-electron chi connectivity index (χ4n) is 2.08. The minimum absolute atomic E-state index is 0.0404. The standard InChI is InChI=1S/C16H20N4O3/c1-4-10(2)11(3)15(21)17-12-6-5-7-13(8-12)20-9-14(16(22)23)18-19-20/h5-11H,4H2,1-3H3,(H,17,21)(H,22,23). The van der Waals surface area contributed by atoms with Gasteiger partial charge in [-0.05, 0) is 24.1 Å². The van der Waals surface area contributed by atoms with Crippen molar-refractivity contribution >= 4 is 17.6 Å². The number of aromatic nitrogens is 3. The summed E-state index contributed by atoms with van der Waals surface area (Å²) in [6, 6.07) is 7.02. The first kappa shape index (κ1) is 16.7. The number of aromatic carboxylic acids is 1. The molecule has 2 N–H and O–H groups in total. The smallest absolute Gasteiger partial charge is 0.358 e. The maximum Gasteiger partial charge on any atom is 0.358 e. The quantitative estimate of drug-likeness (QED) is 0.853. The first-order chi connectivity index (χ1) is 10.9. The Morgan fingerprint density at radius 2 is 2.09 bits per heavy atom. The molecule has 122 valence electrons. The molecule has 2 rings (SSSR count). The van der Waals surface area contributed by atoms with Gasteiger partial charge in [-0.2, -0.15) is 0 Å². The molecule has 1 amide bonds. The van der Waals surface area contributed by atoms with Gasteiger partial charge < -0.3 is 10.4 Å². The molecule has 7 heteroatoms. The Balaban J connectivity index is 2.16. The minimum atomic E-state index is -1.14. The minimum Gasteiger partial charge on any atom is -0.476 e. The van der Waals surface area contributed by atoms with Crippen molar-refractivity contribution < 1.29 is 14.7 Å². The highest BCUT2D eigenvalue weighted by Crippen LogP contribution is 2.19. The van der Waals surface area contributed by atoms with Crippen molar-refractivity contribution in [3.05, 3.63) is 36.2 Å². The van der Waals surface area contributed by atoms with Crippen molar-refractivity contribution in [1.82, 2.24) is 15.0 Å². The molecule has 0 radical (unpaired) electrons. The molecule has 0 saturated heterocycles. The number of carboxylic acids is 1. The largest absolute Gasteiger partial charge is 0.476 e. The van der Waals surface area contributed by atoms with Crippen LogP contribution in [0.3, 0.4) is 0 Å². The maximum atomic E-state index is 12.2. The molecule has 1 aromatic heterocycles. The van der Waals surface area contributed by atoms with Crippen molar-refractivity contribution in [2.75, 3.05) is 5.32 Å². The van der Waals surface area contributed by atoms with Crippen LogP contribution in [0.25, 0.3) is 5.69 Å². The van der Waals surface area contributed by atoms with E-state index in [1.54, 1.807) is 24.3 Å². The monoisotopic (exact) mass is 316 g/mol. The Labute approximate surface area is 134 Å². The molecule has 2 atom stereocenters. The first-order valence-electron chi connectivity index (χ1n) is 7.49. The average molecular weight is 316 g/mol. The van der Waals surface area contributed by atoms with Crippen LogP contribution in [0.1, 0.15) is 37.7 Å². The fraction of sp³-hybridized carbons (Fsp3) is 0.375. The summed E-state index contributed by atoms with van der Waals surface area (Å²) < 4.78 is 1.36. The SMILES string of the molecule is CCC(C)C(C)C(=O)Nc1cccc(-n2cc(C(=O)O)nn2)c1. The number of amides is 1. The van der Waals surface area contributed by atoms with Crippen LogP contribution >= 0.6 is 0 Å². The number of carboxylic acid groups (broad SMARTS) is 1. The van der Waals surface area contributed by atoms with Gasteiger partial charge in [0.05, 0.1) is 11.9 Å². The molecule has 0 saturated carbocycles. The summed E-state index contributed by atoms with van der Waals surface area (Å²) in [5.41, 5.74) is 1.12. The van der Waals surface area contributed by atoms with Gasteiger partial charge in [-0.1, -0.05) is 38.5 Å². The average Bonchev–Trinajstić information content (AvgIpc) is 3.04. The Morgan fingerprint density at radius 1 is 1.35 bits per heavy atom. The van der Waals surface area contributed by atoms with Crippen LogP contribution in [0, 0.1) is 11.8 Å². The van der Waals surface area contributed by atoms with E-state index in [0.29, 0.717) is 17.3 Å². The van der Waals surface area contributed by atoms with Crippen LogP contribution in [0.5, 0.6) is 0 Å². The number of hydrogen-bond acceptors (Lipinski definition) is 4. The lowest BCUT2D eigenvalue weighted by atomic mass is 9.93. The van der Waals surface area contributed by atoms with E-state index in [-0.39, 0.29) is 17.5 Å². The van der Waals surface area contributed by atoms with E-state index in [1.807, 2.05) is 13.8 Å². The van der Waals surface area contributed by atoms with Crippen LogP contribution in [0.4, 0.5) is 5.69 Å². The van der Waals surface area contributed by atoms with Gasteiger partial charge in [0.15, 0.2) is 5.69 Å². The third kappa shape index (κ3) is 3.94. The van der Waals surface area contributed by atoms with Gasteiger partial charge in [0.1, 0.15) is 0 Å². The van der Waals surface area contributed by atoms with Crippen LogP contribution in [-0.4, -0.2) is 32.0 Å². The molecule has 7 nitrogen and oxygen atoms in total. The van der Waals surface area contributed by atoms with Gasteiger partial charge in [0.2, 0.25) is 5.91 Å². The van der Waals surface area contributed by atoms with E-state index in [0.717, 1.165) is 6.42 Å². The molecule has 2 aromatic rings. The number of nitrogens with one attached hydrogen (secondary N) is 1. The molecule has 0 aliphatic heterocycles. The second-order valence-electron chi connectivity index (χ2n) is 5.57. The molecule has 0 aliphatic rings. The Kier molecular flexibility index (Phi) is 5.10. The molecule has 0 bridgehead atoms. The number of carbonyl (C=O) groups excluding carboxylic acids is 1. The number of rotatable bonds is 6. The van der Waals surface area contributed by atoms with Crippen LogP contribution in [-0.2, 0) is 4.79 Å². The molecule has 1 heterocycles. The maximum absolute atomic E-state index is 12.2. The normalized spacial score (nSPS) is 13.3. The fourth-order valence-corrected chi connectivity index (χ4v) is 2.08. The topological polar surface area (TPSA) is 97.1 Å². The van der Waals surface area contributed by atoms with Crippen molar-refractivity contribution in [1.29, 1.82) is 0 Å². The van der Waals surface area contributed by atoms with Gasteiger partial charge in [0, 0.05) is 11.6 Å². The molecule has 0 fully saturated rings. The highest BCUT2D eigenvalue weighted by Gasteiger charge is 2.19. The van der Waals surface area contributed by atoms with Crippen LogP contribution < -0.4 is 5.32 Å². The van der Waals surface area contributed by atoms with Gasteiger partial charge in [-0.3, -0.25) is 4.79 Å². The zero-order valence-electron chi connectivity index (χ0n) is 13.4. The van der Waals surface area contributed by atoms with Crippen molar-refractivity contribution in [3.8, 4) is 5.69 Å². The molecule has 0 aliphatic carbocycles. The lowest BCUT2D eigenvalue weighted by Crippen LogP contribution is -2.25. The summed E-state index contributed by atoms with van der Waals surface area (Å²) in [5, 5.41) is 19.1. The number of carbonyl (C=O) groups is 2. The van der Waals surface area contributed by atoms with E-state index in [1.165, 1.54) is 10.9 Å². The summed E-state index contributed by atoms with van der Waals surface area (Å²) in [6.45, 7) is 6.01. The Morgan fingerprint density at radius 3 is 2.70 bits per heavy atom. The highest BCUT2D eigenvalue weighted by atomic mass is 16.4. The zero-order valence-corrected chi connectivity index (χ0v) is 13.4. The van der Waals surface area contributed by atoms with Gasteiger partial charge in [-0.25, -0.2) is 9.48 Å². The summed E-state index contributed by atoms with van der Waals surface area (Å²) in [5.74, 6) is -0.968. The summed E-state index contributed by atoms with van der Waals surface area (Å²) in [4.78, 5) is 23.1. The Hall–Kier alpha value is -2.70. The van der Waals surface area contributed by atoms with Crippen molar-refractivity contribution in [2.45, 2.75) is 27.2 Å². The lowest BCUT2D eigenvalue weighted by molar-refractivity contribution is -0.120. The van der Waals surface area contributed by atoms with Crippen LogP contribution in [0.15, 0.2) is 30.5 Å². The van der Waals surface area contributed by atoms with E-state index >= 15 is 0 Å². The molecular formula is C16H20N4O3. The van der Waals surface area contributed by atoms with Crippen LogP contribution in [0.2, 0.25) is 0 Å². The summed E-state index contributed by atoms with van der Waals surface area (Å²) in [7, 11) is 0. The third-order valence-electron chi connectivity index (χ3n) is 4.00. The Bertz CT molecular complexity index is 711. The number of hydrogen-bond donors (Lipinski definition) is 2. The van der Waals surface area contributed by atoms with E-state index < -0.39 is 5.97 Å². The van der Waals surface area contributed by atoms with Crippen molar-refractivity contribution in [3.63, 3.8) is 0 Å².